The molecule has 0 saturated heterocycles. The van der Waals surface area contributed by atoms with Gasteiger partial charge in [-0.1, -0.05) is 46.3 Å². The van der Waals surface area contributed by atoms with Gasteiger partial charge in [-0.2, -0.15) is 5.10 Å². The maximum atomic E-state index is 12.0. The Kier molecular flexibility index (Phi) is 6.23. The Morgan fingerprint density at radius 3 is 2.58 bits per heavy atom. The van der Waals surface area contributed by atoms with E-state index in [1.807, 2.05) is 66.2 Å². The van der Waals surface area contributed by atoms with E-state index in [-0.39, 0.29) is 5.91 Å². The first-order chi connectivity index (χ1) is 12.6. The van der Waals surface area contributed by atoms with Gasteiger partial charge in [0, 0.05) is 17.2 Å². The molecule has 0 radical (unpaired) electrons. The summed E-state index contributed by atoms with van der Waals surface area (Å²) in [6.07, 6.45) is 4.29. The SMILES string of the molecule is Cc1nn(-c2ccccc2)cc1CCCNC(=O)Cc1ccc(Br)cc1. The molecule has 26 heavy (non-hydrogen) atoms. The van der Waals surface area contributed by atoms with Crippen molar-refractivity contribution < 1.29 is 4.79 Å². The molecule has 0 aliphatic carbocycles. The molecule has 0 bridgehead atoms. The van der Waals surface area contributed by atoms with Gasteiger partial charge in [0.05, 0.1) is 17.8 Å². The van der Waals surface area contributed by atoms with Crippen molar-refractivity contribution in [2.24, 2.45) is 0 Å². The first-order valence-corrected chi connectivity index (χ1v) is 9.53. The molecule has 1 heterocycles. The number of hydrogen-bond acceptors (Lipinski definition) is 2. The Labute approximate surface area is 162 Å². The highest BCUT2D eigenvalue weighted by Crippen LogP contribution is 2.13. The van der Waals surface area contributed by atoms with Gasteiger partial charge in [-0.05, 0) is 55.2 Å². The molecule has 0 saturated carbocycles. The molecular weight excluding hydrogens is 390 g/mol. The highest BCUT2D eigenvalue weighted by atomic mass is 79.9. The van der Waals surface area contributed by atoms with Crippen molar-refractivity contribution >= 4 is 21.8 Å². The highest BCUT2D eigenvalue weighted by Gasteiger charge is 2.07. The average Bonchev–Trinajstić information content (AvgIpc) is 3.02. The number of carbonyl (C=O) groups excluding carboxylic acids is 1. The molecule has 1 aromatic heterocycles. The number of hydrogen-bond donors (Lipinski definition) is 1. The van der Waals surface area contributed by atoms with E-state index >= 15 is 0 Å². The Bertz CT molecular complexity index is 857. The predicted molar refractivity (Wildman–Crippen MR) is 107 cm³/mol. The zero-order valence-corrected chi connectivity index (χ0v) is 16.4. The smallest absolute Gasteiger partial charge is 0.224 e. The zero-order valence-electron chi connectivity index (χ0n) is 14.8. The Morgan fingerprint density at radius 1 is 1.12 bits per heavy atom. The molecule has 1 N–H and O–H groups in total. The van der Waals surface area contributed by atoms with Gasteiger partial charge in [0.1, 0.15) is 0 Å². The van der Waals surface area contributed by atoms with Crippen molar-refractivity contribution in [1.29, 1.82) is 0 Å². The lowest BCUT2D eigenvalue weighted by atomic mass is 10.1. The molecule has 5 heteroatoms. The highest BCUT2D eigenvalue weighted by molar-refractivity contribution is 9.10. The summed E-state index contributed by atoms with van der Waals surface area (Å²) in [5.74, 6) is 0.0593. The van der Waals surface area contributed by atoms with Crippen molar-refractivity contribution in [3.8, 4) is 5.69 Å². The molecular formula is C21H22BrN3O. The van der Waals surface area contributed by atoms with E-state index in [1.165, 1.54) is 5.56 Å². The number of benzene rings is 2. The maximum absolute atomic E-state index is 12.0. The zero-order chi connectivity index (χ0) is 18.4. The largest absolute Gasteiger partial charge is 0.356 e. The van der Waals surface area contributed by atoms with Crippen LogP contribution in [-0.2, 0) is 17.6 Å². The number of para-hydroxylation sites is 1. The summed E-state index contributed by atoms with van der Waals surface area (Å²) >= 11 is 3.40. The molecule has 0 atom stereocenters. The van der Waals surface area contributed by atoms with Crippen molar-refractivity contribution in [2.75, 3.05) is 6.54 Å². The second-order valence-corrected chi connectivity index (χ2v) is 7.19. The van der Waals surface area contributed by atoms with Gasteiger partial charge in [-0.25, -0.2) is 4.68 Å². The Hall–Kier alpha value is -2.40. The molecule has 0 fully saturated rings. The van der Waals surface area contributed by atoms with E-state index < -0.39 is 0 Å². The molecule has 0 aliphatic rings. The van der Waals surface area contributed by atoms with Gasteiger partial charge in [0.25, 0.3) is 0 Å². The van der Waals surface area contributed by atoms with E-state index in [2.05, 4.69) is 32.5 Å². The van der Waals surface area contributed by atoms with E-state index in [9.17, 15) is 4.79 Å². The summed E-state index contributed by atoms with van der Waals surface area (Å²) in [7, 11) is 0. The van der Waals surface area contributed by atoms with E-state index in [0.717, 1.165) is 34.3 Å². The molecule has 3 aromatic rings. The summed E-state index contributed by atoms with van der Waals surface area (Å²) in [6, 6.07) is 17.9. The van der Waals surface area contributed by atoms with Crippen LogP contribution in [0.2, 0.25) is 0 Å². The summed E-state index contributed by atoms with van der Waals surface area (Å²) < 4.78 is 2.93. The number of halogens is 1. The molecule has 134 valence electrons. The fourth-order valence-electron chi connectivity index (χ4n) is 2.81. The number of aryl methyl sites for hydroxylation is 2. The monoisotopic (exact) mass is 411 g/mol. The minimum Gasteiger partial charge on any atom is -0.356 e. The second kappa shape index (κ2) is 8.81. The van der Waals surface area contributed by atoms with Crippen LogP contribution in [0.4, 0.5) is 0 Å². The number of nitrogens with one attached hydrogen (secondary N) is 1. The number of carbonyl (C=O) groups is 1. The maximum Gasteiger partial charge on any atom is 0.224 e. The lowest BCUT2D eigenvalue weighted by Gasteiger charge is -2.05. The molecule has 1 amide bonds. The van der Waals surface area contributed by atoms with Gasteiger partial charge in [-0.3, -0.25) is 4.79 Å². The first kappa shape index (κ1) is 18.4. The minimum absolute atomic E-state index is 0.0593. The normalized spacial score (nSPS) is 10.7. The number of aromatic nitrogens is 2. The number of rotatable bonds is 7. The first-order valence-electron chi connectivity index (χ1n) is 8.73. The van der Waals surface area contributed by atoms with E-state index in [0.29, 0.717) is 13.0 Å². The number of nitrogens with zero attached hydrogens (tertiary/aromatic N) is 2. The lowest BCUT2D eigenvalue weighted by molar-refractivity contribution is -0.120. The molecule has 2 aromatic carbocycles. The second-order valence-electron chi connectivity index (χ2n) is 6.28. The standard InChI is InChI=1S/C21H22BrN3O/c1-16-18(15-25(24-16)20-7-3-2-4-8-20)6-5-13-23-21(26)14-17-9-11-19(22)12-10-17/h2-4,7-12,15H,5-6,13-14H2,1H3,(H,23,26). The molecule has 0 aliphatic heterocycles. The van der Waals surface area contributed by atoms with Crippen LogP contribution >= 0.6 is 15.9 Å². The quantitative estimate of drug-likeness (QED) is 0.591. The average molecular weight is 412 g/mol. The number of amides is 1. The van der Waals surface area contributed by atoms with Crippen molar-refractivity contribution in [3.05, 3.63) is 82.1 Å². The van der Waals surface area contributed by atoms with Crippen LogP contribution in [0.3, 0.4) is 0 Å². The van der Waals surface area contributed by atoms with Crippen LogP contribution < -0.4 is 5.32 Å². The Balaban J connectivity index is 1.45. The van der Waals surface area contributed by atoms with Crippen LogP contribution in [0.5, 0.6) is 0 Å². The lowest BCUT2D eigenvalue weighted by Crippen LogP contribution is -2.26. The van der Waals surface area contributed by atoms with Gasteiger partial charge in [0.2, 0.25) is 5.91 Å². The van der Waals surface area contributed by atoms with Crippen molar-refractivity contribution in [2.45, 2.75) is 26.2 Å². The van der Waals surface area contributed by atoms with Crippen LogP contribution in [0.15, 0.2) is 65.3 Å². The third-order valence-electron chi connectivity index (χ3n) is 4.24. The van der Waals surface area contributed by atoms with Crippen LogP contribution in [0, 0.1) is 6.92 Å². The summed E-state index contributed by atoms with van der Waals surface area (Å²) in [6.45, 7) is 2.70. The summed E-state index contributed by atoms with van der Waals surface area (Å²) in [5, 5.41) is 7.58. The minimum atomic E-state index is 0.0593. The van der Waals surface area contributed by atoms with Gasteiger partial charge in [-0.15, -0.1) is 0 Å². The van der Waals surface area contributed by atoms with Crippen LogP contribution in [0.1, 0.15) is 23.2 Å². The Morgan fingerprint density at radius 2 is 1.85 bits per heavy atom. The van der Waals surface area contributed by atoms with Crippen LogP contribution in [-0.4, -0.2) is 22.2 Å². The topological polar surface area (TPSA) is 46.9 Å². The third kappa shape index (κ3) is 5.05. The molecule has 0 unspecified atom stereocenters. The third-order valence-corrected chi connectivity index (χ3v) is 4.77. The van der Waals surface area contributed by atoms with E-state index in [4.69, 9.17) is 0 Å². The molecule has 0 spiro atoms. The van der Waals surface area contributed by atoms with Gasteiger partial charge in [0.15, 0.2) is 0 Å². The van der Waals surface area contributed by atoms with Gasteiger partial charge >= 0.3 is 0 Å². The van der Waals surface area contributed by atoms with Gasteiger partial charge < -0.3 is 5.32 Å². The summed E-state index contributed by atoms with van der Waals surface area (Å²) in [5.41, 5.74) is 4.33. The molecule has 4 nitrogen and oxygen atoms in total. The van der Waals surface area contributed by atoms with Crippen LogP contribution in [0.25, 0.3) is 5.69 Å². The van der Waals surface area contributed by atoms with E-state index in [1.54, 1.807) is 0 Å². The molecule has 3 rings (SSSR count). The van der Waals surface area contributed by atoms with Crippen molar-refractivity contribution in [3.63, 3.8) is 0 Å². The predicted octanol–water partition coefficient (Wildman–Crippen LogP) is 4.23. The fraction of sp³-hybridized carbons (Fsp3) is 0.238. The fourth-order valence-corrected chi connectivity index (χ4v) is 3.08. The summed E-state index contributed by atoms with van der Waals surface area (Å²) in [4.78, 5) is 12.0. The van der Waals surface area contributed by atoms with Crippen molar-refractivity contribution in [1.82, 2.24) is 15.1 Å².